The van der Waals surface area contributed by atoms with E-state index in [1.54, 1.807) is 11.1 Å². The molecule has 0 amide bonds. The Bertz CT molecular complexity index is 1680. The molecule has 0 aromatic heterocycles. The quantitative estimate of drug-likeness (QED) is 0.184. The van der Waals surface area contributed by atoms with Crippen LogP contribution in [0.5, 0.6) is 0 Å². The van der Waals surface area contributed by atoms with Gasteiger partial charge in [0.2, 0.25) is 0 Å². The summed E-state index contributed by atoms with van der Waals surface area (Å²) in [4.78, 5) is 0. The normalized spacial score (nSPS) is 30.9. The molecule has 0 radical (unpaired) electrons. The molecule has 4 fully saturated rings. The van der Waals surface area contributed by atoms with Crippen molar-refractivity contribution in [1.82, 2.24) is 0 Å². The standard InChI is InChI=1S/C51H62Cl2/c1-49(2,3)46-31-42-43-32-47(50(4,5)6)41(34-17-11-8-12-18-34)30-45(43)48(44(42)29-40(46)33-15-9-7-10-16-33)51(35-19-13-14-20-35,36-21-25-38(52)26-22-36)37-23-27-39(53)28-24-37/h7-12,15-18,21-28,35,40-48H,13-14,19-20,29-32H2,1-6H3. The first-order chi connectivity index (χ1) is 25.4. The number of benzene rings is 4. The van der Waals surface area contributed by atoms with E-state index in [-0.39, 0.29) is 16.2 Å². The highest BCUT2D eigenvalue weighted by molar-refractivity contribution is 6.30. The number of hydrogen-bond acceptors (Lipinski definition) is 0. The molecule has 0 spiro atoms. The maximum atomic E-state index is 6.74. The zero-order chi connectivity index (χ0) is 37.1. The third kappa shape index (κ3) is 6.75. The fourth-order valence-electron chi connectivity index (χ4n) is 13.5. The zero-order valence-electron chi connectivity index (χ0n) is 33.1. The van der Waals surface area contributed by atoms with Crippen LogP contribution in [0.2, 0.25) is 10.0 Å². The smallest absolute Gasteiger partial charge is 0.0406 e. The summed E-state index contributed by atoms with van der Waals surface area (Å²) < 4.78 is 0. The summed E-state index contributed by atoms with van der Waals surface area (Å²) in [5, 5.41) is 1.66. The molecule has 4 aliphatic carbocycles. The summed E-state index contributed by atoms with van der Waals surface area (Å²) in [7, 11) is 0. The number of fused-ring (bicyclic) bond motifs is 3. The minimum Gasteiger partial charge on any atom is -0.0843 e. The van der Waals surface area contributed by atoms with Gasteiger partial charge in [0.25, 0.3) is 0 Å². The Balaban J connectivity index is 1.39. The zero-order valence-corrected chi connectivity index (χ0v) is 34.6. The maximum absolute atomic E-state index is 6.74. The predicted octanol–water partition coefficient (Wildman–Crippen LogP) is 15.0. The summed E-state index contributed by atoms with van der Waals surface area (Å²) in [6.07, 6.45) is 10.4. The maximum Gasteiger partial charge on any atom is 0.0406 e. The van der Waals surface area contributed by atoms with Crippen molar-refractivity contribution < 1.29 is 0 Å². The average Bonchev–Trinajstić information content (AvgIpc) is 3.80. The van der Waals surface area contributed by atoms with Gasteiger partial charge in [-0.2, -0.15) is 0 Å². The highest BCUT2D eigenvalue weighted by atomic mass is 35.5. The van der Waals surface area contributed by atoms with E-state index < -0.39 is 0 Å². The van der Waals surface area contributed by atoms with Crippen molar-refractivity contribution in [2.45, 2.75) is 110 Å². The molecule has 4 saturated carbocycles. The predicted molar refractivity (Wildman–Crippen MR) is 226 cm³/mol. The van der Waals surface area contributed by atoms with Crippen molar-refractivity contribution >= 4 is 23.2 Å². The van der Waals surface area contributed by atoms with E-state index in [9.17, 15) is 0 Å². The molecular formula is C51H62Cl2. The highest BCUT2D eigenvalue weighted by Gasteiger charge is 2.65. The molecule has 8 atom stereocenters. The summed E-state index contributed by atoms with van der Waals surface area (Å²) >= 11 is 13.5. The van der Waals surface area contributed by atoms with Gasteiger partial charge in [-0.25, -0.2) is 0 Å². The van der Waals surface area contributed by atoms with E-state index in [4.69, 9.17) is 23.2 Å². The molecule has 280 valence electrons. The lowest BCUT2D eigenvalue weighted by Crippen LogP contribution is -2.49. The lowest BCUT2D eigenvalue weighted by atomic mass is 9.50. The first-order valence-corrected chi connectivity index (χ1v) is 21.7. The van der Waals surface area contributed by atoms with Crippen LogP contribution < -0.4 is 0 Å². The molecule has 0 N–H and O–H groups in total. The monoisotopic (exact) mass is 744 g/mol. The van der Waals surface area contributed by atoms with E-state index in [0.717, 1.165) is 21.9 Å². The van der Waals surface area contributed by atoms with Gasteiger partial charge in [0.15, 0.2) is 0 Å². The van der Waals surface area contributed by atoms with Gasteiger partial charge in [-0.05, 0) is 155 Å². The Labute approximate surface area is 331 Å². The van der Waals surface area contributed by atoms with Gasteiger partial charge in [-0.1, -0.05) is 163 Å². The van der Waals surface area contributed by atoms with E-state index in [1.165, 1.54) is 62.5 Å². The van der Waals surface area contributed by atoms with Crippen molar-refractivity contribution in [3.05, 3.63) is 141 Å². The van der Waals surface area contributed by atoms with Gasteiger partial charge >= 0.3 is 0 Å². The molecule has 0 bridgehead atoms. The van der Waals surface area contributed by atoms with E-state index in [1.807, 2.05) is 0 Å². The summed E-state index contributed by atoms with van der Waals surface area (Å²) in [6, 6.07) is 41.8. The van der Waals surface area contributed by atoms with Crippen molar-refractivity contribution in [3.8, 4) is 0 Å². The average molecular weight is 746 g/mol. The minimum absolute atomic E-state index is 0.111. The van der Waals surface area contributed by atoms with E-state index in [2.05, 4.69) is 151 Å². The van der Waals surface area contributed by atoms with Crippen molar-refractivity contribution in [2.24, 2.45) is 58.2 Å². The summed E-state index contributed by atoms with van der Waals surface area (Å²) in [6.45, 7) is 15.2. The Morgan fingerprint density at radius 2 is 0.830 bits per heavy atom. The van der Waals surface area contributed by atoms with Crippen molar-refractivity contribution in [2.75, 3.05) is 0 Å². The van der Waals surface area contributed by atoms with Crippen LogP contribution in [-0.4, -0.2) is 0 Å². The van der Waals surface area contributed by atoms with Crippen LogP contribution in [-0.2, 0) is 5.41 Å². The number of halogens is 2. The molecule has 8 unspecified atom stereocenters. The SMILES string of the molecule is CC(C)(C)C1CC2C3CC(C(C)(C)C)C(c4ccccc4)CC3C(C(c3ccc(Cl)cc3)(c3ccc(Cl)cc3)C3CCCC3)C2CC1c1ccccc1. The van der Waals surface area contributed by atoms with Crippen LogP contribution >= 0.6 is 23.2 Å². The fourth-order valence-corrected chi connectivity index (χ4v) is 13.8. The second-order valence-corrected chi connectivity index (χ2v) is 20.8. The third-order valence-electron chi connectivity index (χ3n) is 15.5. The number of hydrogen-bond donors (Lipinski definition) is 0. The van der Waals surface area contributed by atoms with Crippen LogP contribution in [0.1, 0.15) is 127 Å². The molecule has 0 saturated heterocycles. The molecular weight excluding hydrogens is 683 g/mol. The molecule has 53 heavy (non-hydrogen) atoms. The lowest BCUT2D eigenvalue weighted by Gasteiger charge is -2.54. The van der Waals surface area contributed by atoms with Gasteiger partial charge < -0.3 is 0 Å². The van der Waals surface area contributed by atoms with Gasteiger partial charge in [-0.3, -0.25) is 0 Å². The number of rotatable bonds is 6. The van der Waals surface area contributed by atoms with Gasteiger partial charge in [0.05, 0.1) is 0 Å². The Hall–Kier alpha value is -2.54. The molecule has 0 nitrogen and oxygen atoms in total. The molecule has 2 heteroatoms. The summed E-state index contributed by atoms with van der Waals surface area (Å²) in [5.41, 5.74) is 6.45. The second kappa shape index (κ2) is 14.5. The van der Waals surface area contributed by atoms with Gasteiger partial charge in [0.1, 0.15) is 0 Å². The topological polar surface area (TPSA) is 0 Å². The Kier molecular flexibility index (Phi) is 10.2. The Morgan fingerprint density at radius 1 is 0.453 bits per heavy atom. The molecule has 4 aromatic rings. The van der Waals surface area contributed by atoms with Gasteiger partial charge in [0, 0.05) is 15.5 Å². The molecule has 0 aliphatic heterocycles. The first kappa shape index (κ1) is 37.4. The molecule has 8 rings (SSSR count). The van der Waals surface area contributed by atoms with Crippen LogP contribution in [0.25, 0.3) is 0 Å². The van der Waals surface area contributed by atoms with Gasteiger partial charge in [-0.15, -0.1) is 0 Å². The van der Waals surface area contributed by atoms with Crippen LogP contribution in [0, 0.1) is 58.2 Å². The second-order valence-electron chi connectivity index (χ2n) is 20.0. The molecule has 4 aromatic carbocycles. The van der Waals surface area contributed by atoms with Crippen LogP contribution in [0.15, 0.2) is 109 Å². The van der Waals surface area contributed by atoms with Crippen molar-refractivity contribution in [3.63, 3.8) is 0 Å². The minimum atomic E-state index is -0.111. The summed E-state index contributed by atoms with van der Waals surface area (Å²) in [5.74, 6) is 6.23. The van der Waals surface area contributed by atoms with Crippen LogP contribution in [0.4, 0.5) is 0 Å². The van der Waals surface area contributed by atoms with Crippen molar-refractivity contribution in [1.29, 1.82) is 0 Å². The largest absolute Gasteiger partial charge is 0.0843 e. The van der Waals surface area contributed by atoms with E-state index in [0.29, 0.717) is 47.3 Å². The molecule has 4 aliphatic rings. The van der Waals surface area contributed by atoms with Crippen LogP contribution in [0.3, 0.4) is 0 Å². The first-order valence-electron chi connectivity index (χ1n) is 21.0. The van der Waals surface area contributed by atoms with E-state index >= 15 is 0 Å². The fraction of sp³-hybridized carbons (Fsp3) is 0.529. The lowest BCUT2D eigenvalue weighted by molar-refractivity contribution is 0.0336. The highest BCUT2D eigenvalue weighted by Crippen LogP contribution is 2.71. The Morgan fingerprint density at radius 3 is 1.19 bits per heavy atom. The third-order valence-corrected chi connectivity index (χ3v) is 16.0. The molecule has 0 heterocycles.